The second-order valence-electron chi connectivity index (χ2n) is 2.80. The maximum atomic E-state index is 12.3. The number of hydrogen-bond acceptors (Lipinski definition) is 3. The predicted molar refractivity (Wildman–Crippen MR) is 47.0 cm³/mol. The second-order valence-corrected chi connectivity index (χ2v) is 3.21. The Morgan fingerprint density at radius 1 is 1.44 bits per heavy atom. The van der Waals surface area contributed by atoms with Gasteiger partial charge in [-0.25, -0.2) is 0 Å². The third-order valence-electron chi connectivity index (χ3n) is 1.60. The van der Waals surface area contributed by atoms with Crippen LogP contribution in [0.25, 0.3) is 0 Å². The third-order valence-corrected chi connectivity index (χ3v) is 1.92. The molecule has 0 saturated heterocycles. The van der Waals surface area contributed by atoms with E-state index in [2.05, 4.69) is 4.74 Å². The van der Waals surface area contributed by atoms with E-state index in [9.17, 15) is 23.1 Å². The highest BCUT2D eigenvalue weighted by Gasteiger charge is 2.33. The number of alkyl halides is 3. The van der Waals surface area contributed by atoms with Gasteiger partial charge in [-0.15, -0.1) is 0 Å². The lowest BCUT2D eigenvalue weighted by molar-refractivity contribution is -0.307. The highest BCUT2D eigenvalue weighted by atomic mass is 35.5. The first-order valence-corrected chi connectivity index (χ1v) is 4.38. The molecule has 0 fully saturated rings. The zero-order valence-electron chi connectivity index (χ0n) is 7.68. The van der Waals surface area contributed by atoms with Crippen LogP contribution in [0.4, 0.5) is 13.2 Å². The number of halogens is 4. The fraction of sp³-hybridized carbons (Fsp3) is 0.222. The first-order chi connectivity index (χ1) is 7.30. The molecular weight excluding hydrogens is 249 g/mol. The number of hydrogen-bond donors (Lipinski definition) is 0. The fourth-order valence-corrected chi connectivity index (χ4v) is 1.24. The highest BCUT2D eigenvalue weighted by molar-refractivity contribution is 6.31. The summed E-state index contributed by atoms with van der Waals surface area (Å²) in [6.45, 7) is -0.748. The first kappa shape index (κ1) is 12.6. The Morgan fingerprint density at radius 3 is 2.50 bits per heavy atom. The first-order valence-electron chi connectivity index (χ1n) is 4.00. The van der Waals surface area contributed by atoms with Crippen molar-refractivity contribution in [2.45, 2.75) is 6.18 Å². The van der Waals surface area contributed by atoms with Crippen LogP contribution >= 0.6 is 11.6 Å². The van der Waals surface area contributed by atoms with Crippen molar-refractivity contribution in [1.82, 2.24) is 0 Å². The monoisotopic (exact) mass is 253 g/mol. The molecule has 0 aromatic heterocycles. The summed E-state index contributed by atoms with van der Waals surface area (Å²) in [6.07, 6.45) is -4.55. The van der Waals surface area contributed by atoms with Crippen LogP contribution in [-0.2, 0) is 11.0 Å². The van der Waals surface area contributed by atoms with Crippen LogP contribution in [-0.4, -0.2) is 12.6 Å². The molecular formula is C9H5ClF3O3-. The standard InChI is InChI=1S/C9H6ClF3O3/c10-7-3-5(16-4-8(14)15)1-2-6(7)9(11,12)13/h1-3H,4H2,(H,14,15)/p-1. The number of carboxylic acids is 1. The van der Waals surface area contributed by atoms with E-state index < -0.39 is 29.3 Å². The Morgan fingerprint density at radius 2 is 2.06 bits per heavy atom. The summed E-state index contributed by atoms with van der Waals surface area (Å²) in [4.78, 5) is 10.0. The molecule has 3 nitrogen and oxygen atoms in total. The van der Waals surface area contributed by atoms with Crippen LogP contribution in [0.15, 0.2) is 18.2 Å². The SMILES string of the molecule is O=C([O-])COc1ccc(C(F)(F)F)c(Cl)c1. The van der Waals surface area contributed by atoms with Gasteiger partial charge in [-0.05, 0) is 18.2 Å². The molecule has 0 spiro atoms. The maximum absolute atomic E-state index is 12.3. The number of aliphatic carboxylic acids is 1. The van der Waals surface area contributed by atoms with E-state index in [0.717, 1.165) is 12.1 Å². The molecule has 0 aliphatic carbocycles. The van der Waals surface area contributed by atoms with Crippen molar-refractivity contribution in [2.24, 2.45) is 0 Å². The van der Waals surface area contributed by atoms with Gasteiger partial charge < -0.3 is 14.6 Å². The van der Waals surface area contributed by atoms with Gasteiger partial charge in [0.1, 0.15) is 12.4 Å². The number of carboxylic acid groups (broad SMARTS) is 1. The van der Waals surface area contributed by atoms with Gasteiger partial charge in [0.15, 0.2) is 0 Å². The van der Waals surface area contributed by atoms with Crippen LogP contribution in [0.3, 0.4) is 0 Å². The highest BCUT2D eigenvalue weighted by Crippen LogP contribution is 2.36. The average molecular weight is 254 g/mol. The van der Waals surface area contributed by atoms with Crippen molar-refractivity contribution in [3.05, 3.63) is 28.8 Å². The molecule has 1 rings (SSSR count). The van der Waals surface area contributed by atoms with E-state index in [4.69, 9.17) is 11.6 Å². The zero-order valence-corrected chi connectivity index (χ0v) is 8.43. The zero-order chi connectivity index (χ0) is 12.3. The van der Waals surface area contributed by atoms with Gasteiger partial charge in [0.25, 0.3) is 0 Å². The molecule has 0 bridgehead atoms. The van der Waals surface area contributed by atoms with Gasteiger partial charge in [0.05, 0.1) is 16.6 Å². The van der Waals surface area contributed by atoms with Crippen LogP contribution in [0.1, 0.15) is 5.56 Å². The number of ether oxygens (including phenoxy) is 1. The normalized spacial score (nSPS) is 11.2. The number of carbonyl (C=O) groups excluding carboxylic acids is 1. The van der Waals surface area contributed by atoms with Crippen LogP contribution in [0.5, 0.6) is 5.75 Å². The fourth-order valence-electron chi connectivity index (χ4n) is 0.958. The molecule has 7 heteroatoms. The Bertz CT molecular complexity index is 403. The lowest BCUT2D eigenvalue weighted by Crippen LogP contribution is -2.28. The van der Waals surface area contributed by atoms with Crippen molar-refractivity contribution in [2.75, 3.05) is 6.61 Å². The van der Waals surface area contributed by atoms with Gasteiger partial charge in [-0.3, -0.25) is 0 Å². The minimum Gasteiger partial charge on any atom is -0.546 e. The molecule has 16 heavy (non-hydrogen) atoms. The van der Waals surface area contributed by atoms with E-state index in [0.29, 0.717) is 6.07 Å². The molecule has 0 radical (unpaired) electrons. The Hall–Kier alpha value is -1.43. The van der Waals surface area contributed by atoms with E-state index in [-0.39, 0.29) is 5.75 Å². The van der Waals surface area contributed by atoms with Gasteiger partial charge >= 0.3 is 6.18 Å². The van der Waals surface area contributed by atoms with Crippen LogP contribution < -0.4 is 9.84 Å². The van der Waals surface area contributed by atoms with Crippen molar-refractivity contribution in [1.29, 1.82) is 0 Å². The van der Waals surface area contributed by atoms with Gasteiger partial charge in [0, 0.05) is 0 Å². The molecule has 0 aliphatic rings. The maximum Gasteiger partial charge on any atom is 0.417 e. The summed E-state index contributed by atoms with van der Waals surface area (Å²) < 4.78 is 41.4. The number of carbonyl (C=O) groups is 1. The summed E-state index contributed by atoms with van der Waals surface area (Å²) in [7, 11) is 0. The molecule has 0 unspecified atom stereocenters. The van der Waals surface area contributed by atoms with E-state index >= 15 is 0 Å². The Balaban J connectivity index is 2.87. The van der Waals surface area contributed by atoms with Crippen molar-refractivity contribution >= 4 is 17.6 Å². The smallest absolute Gasteiger partial charge is 0.417 e. The summed E-state index contributed by atoms with van der Waals surface area (Å²) in [5.41, 5.74) is -1.00. The Labute approximate surface area is 93.4 Å². The summed E-state index contributed by atoms with van der Waals surface area (Å²) in [5, 5.41) is 9.48. The molecule has 1 aromatic rings. The molecule has 0 aliphatic heterocycles. The Kier molecular flexibility index (Phi) is 3.64. The summed E-state index contributed by atoms with van der Waals surface area (Å²) in [6, 6.07) is 2.60. The molecule has 0 heterocycles. The van der Waals surface area contributed by atoms with Crippen molar-refractivity contribution < 1.29 is 27.8 Å². The minimum atomic E-state index is -4.55. The summed E-state index contributed by atoms with van der Waals surface area (Å²) in [5.74, 6) is -1.54. The van der Waals surface area contributed by atoms with E-state index in [1.165, 1.54) is 0 Å². The minimum absolute atomic E-state index is 0.0674. The van der Waals surface area contributed by atoms with Crippen LogP contribution in [0, 0.1) is 0 Å². The molecule has 0 atom stereocenters. The van der Waals surface area contributed by atoms with E-state index in [1.54, 1.807) is 0 Å². The molecule has 0 amide bonds. The molecule has 0 N–H and O–H groups in total. The lowest BCUT2D eigenvalue weighted by atomic mass is 10.2. The molecule has 88 valence electrons. The number of benzene rings is 1. The lowest BCUT2D eigenvalue weighted by Gasteiger charge is -2.11. The second kappa shape index (κ2) is 4.61. The largest absolute Gasteiger partial charge is 0.546 e. The third kappa shape index (κ3) is 3.30. The number of rotatable bonds is 3. The van der Waals surface area contributed by atoms with Crippen molar-refractivity contribution in [3.8, 4) is 5.75 Å². The van der Waals surface area contributed by atoms with Crippen molar-refractivity contribution in [3.63, 3.8) is 0 Å². The predicted octanol–water partition coefficient (Wildman–Crippen LogP) is 1.49. The van der Waals surface area contributed by atoms with E-state index in [1.807, 2.05) is 0 Å². The van der Waals surface area contributed by atoms with Crippen LogP contribution in [0.2, 0.25) is 5.02 Å². The van der Waals surface area contributed by atoms with Gasteiger partial charge in [0.2, 0.25) is 0 Å². The van der Waals surface area contributed by atoms with Gasteiger partial charge in [-0.2, -0.15) is 13.2 Å². The van der Waals surface area contributed by atoms with Gasteiger partial charge in [-0.1, -0.05) is 11.6 Å². The average Bonchev–Trinajstić information content (AvgIpc) is 2.12. The molecule has 0 saturated carbocycles. The summed E-state index contributed by atoms with van der Waals surface area (Å²) >= 11 is 5.37. The molecule has 1 aromatic carbocycles. The topological polar surface area (TPSA) is 49.4 Å². The quantitative estimate of drug-likeness (QED) is 0.820.